The second-order valence-electron chi connectivity index (χ2n) is 4.76. The van der Waals surface area contributed by atoms with Crippen LogP contribution >= 0.6 is 0 Å². The van der Waals surface area contributed by atoms with Gasteiger partial charge in [-0.3, -0.25) is 4.79 Å². The van der Waals surface area contributed by atoms with Crippen molar-refractivity contribution in [2.45, 2.75) is 37.8 Å². The molecule has 3 amide bonds. The fraction of sp³-hybridized carbons (Fsp3) is 0.750. The van der Waals surface area contributed by atoms with Crippen LogP contribution < -0.4 is 11.1 Å². The summed E-state index contributed by atoms with van der Waals surface area (Å²) < 4.78 is 4.93. The molecule has 0 radical (unpaired) electrons. The number of carbonyl (C=O) groups is 3. The number of urea groups is 1. The topological polar surface area (TPSA) is 122 Å². The molecule has 4 N–H and O–H groups in total. The Hall–Kier alpha value is -1.83. The van der Waals surface area contributed by atoms with Gasteiger partial charge in [-0.2, -0.15) is 0 Å². The van der Waals surface area contributed by atoms with Crippen molar-refractivity contribution >= 4 is 17.9 Å². The molecule has 0 aromatic carbocycles. The van der Waals surface area contributed by atoms with Crippen molar-refractivity contribution in [3.8, 4) is 0 Å². The molecule has 8 nitrogen and oxygen atoms in total. The normalized spacial score (nSPS) is 15.4. The van der Waals surface area contributed by atoms with Gasteiger partial charge < -0.3 is 25.8 Å². The highest BCUT2D eigenvalue weighted by molar-refractivity contribution is 5.83. The maximum Gasteiger partial charge on any atom is 0.326 e. The van der Waals surface area contributed by atoms with Crippen LogP contribution in [0.3, 0.4) is 0 Å². The summed E-state index contributed by atoms with van der Waals surface area (Å²) in [5, 5.41) is 11.5. The van der Waals surface area contributed by atoms with E-state index in [1.165, 1.54) is 7.11 Å². The van der Waals surface area contributed by atoms with E-state index in [4.69, 9.17) is 15.6 Å². The van der Waals surface area contributed by atoms with Gasteiger partial charge >= 0.3 is 12.0 Å². The highest BCUT2D eigenvalue weighted by Gasteiger charge is 2.34. The first-order valence-corrected chi connectivity index (χ1v) is 6.53. The number of nitrogens with two attached hydrogens (primary N) is 1. The van der Waals surface area contributed by atoms with Gasteiger partial charge in [0.25, 0.3) is 0 Å². The van der Waals surface area contributed by atoms with E-state index in [0.29, 0.717) is 13.2 Å². The molecule has 0 bridgehead atoms. The standard InChI is InChI=1S/C12H21N3O5/c1-20-7-6-15(8-2-3-8)12(19)14-9(11(17)18)4-5-10(13)16/h8-9H,2-7H2,1H3,(H2,13,16)(H,14,19)(H,17,18)/t9-/m1/s1. The summed E-state index contributed by atoms with van der Waals surface area (Å²) in [5.41, 5.74) is 4.98. The van der Waals surface area contributed by atoms with Crippen molar-refractivity contribution in [3.63, 3.8) is 0 Å². The average Bonchev–Trinajstić information content (AvgIpc) is 3.18. The molecule has 1 aliphatic rings. The summed E-state index contributed by atoms with van der Waals surface area (Å²) in [4.78, 5) is 35.4. The Bertz CT molecular complexity index is 370. The average molecular weight is 287 g/mol. The first-order chi connectivity index (χ1) is 9.45. The molecule has 0 spiro atoms. The summed E-state index contributed by atoms with van der Waals surface area (Å²) >= 11 is 0. The minimum atomic E-state index is -1.18. The van der Waals surface area contributed by atoms with Crippen molar-refractivity contribution < 1.29 is 24.2 Å². The zero-order valence-corrected chi connectivity index (χ0v) is 11.5. The number of ether oxygens (including phenoxy) is 1. The molecule has 1 saturated carbocycles. The van der Waals surface area contributed by atoms with Gasteiger partial charge in [-0.1, -0.05) is 0 Å². The SMILES string of the molecule is COCCN(C(=O)N[C@H](CCC(N)=O)C(=O)O)C1CC1. The molecule has 1 aliphatic carbocycles. The fourth-order valence-electron chi connectivity index (χ4n) is 1.80. The second kappa shape index (κ2) is 7.68. The van der Waals surface area contributed by atoms with Crippen molar-refractivity contribution in [2.24, 2.45) is 5.73 Å². The van der Waals surface area contributed by atoms with Crippen LogP contribution in [0.5, 0.6) is 0 Å². The van der Waals surface area contributed by atoms with Gasteiger partial charge in [0.15, 0.2) is 0 Å². The second-order valence-corrected chi connectivity index (χ2v) is 4.76. The largest absolute Gasteiger partial charge is 0.480 e. The van der Waals surface area contributed by atoms with E-state index >= 15 is 0 Å². The molecule has 20 heavy (non-hydrogen) atoms. The number of nitrogens with one attached hydrogen (secondary N) is 1. The minimum absolute atomic E-state index is 0.0147. The van der Waals surface area contributed by atoms with Gasteiger partial charge in [-0.15, -0.1) is 0 Å². The Morgan fingerprint density at radius 2 is 2.10 bits per heavy atom. The third-order valence-corrected chi connectivity index (χ3v) is 3.06. The van der Waals surface area contributed by atoms with Gasteiger partial charge in [0.05, 0.1) is 6.61 Å². The van der Waals surface area contributed by atoms with E-state index in [1.54, 1.807) is 4.90 Å². The molecule has 0 unspecified atom stereocenters. The third-order valence-electron chi connectivity index (χ3n) is 3.06. The van der Waals surface area contributed by atoms with Crippen molar-refractivity contribution in [3.05, 3.63) is 0 Å². The van der Waals surface area contributed by atoms with Gasteiger partial charge in [0.2, 0.25) is 5.91 Å². The predicted molar refractivity (Wildman–Crippen MR) is 70.0 cm³/mol. The lowest BCUT2D eigenvalue weighted by molar-refractivity contribution is -0.139. The lowest BCUT2D eigenvalue weighted by atomic mass is 10.1. The summed E-state index contributed by atoms with van der Waals surface area (Å²) in [6, 6.07) is -1.41. The van der Waals surface area contributed by atoms with E-state index in [-0.39, 0.29) is 18.9 Å². The highest BCUT2D eigenvalue weighted by atomic mass is 16.5. The molecule has 0 saturated heterocycles. The maximum absolute atomic E-state index is 12.1. The van der Waals surface area contributed by atoms with Crippen LogP contribution in [0.15, 0.2) is 0 Å². The van der Waals surface area contributed by atoms with Gasteiger partial charge in [0, 0.05) is 26.1 Å². The van der Waals surface area contributed by atoms with Crippen molar-refractivity contribution in [2.75, 3.05) is 20.3 Å². The first kappa shape index (κ1) is 16.2. The predicted octanol–water partition coefficient (Wildman–Crippen LogP) is -0.474. The van der Waals surface area contributed by atoms with Crippen LogP contribution in [-0.2, 0) is 14.3 Å². The minimum Gasteiger partial charge on any atom is -0.480 e. The molecule has 0 aliphatic heterocycles. The summed E-state index contributed by atoms with van der Waals surface area (Å²) in [5.74, 6) is -1.77. The lowest BCUT2D eigenvalue weighted by Gasteiger charge is -2.24. The van der Waals surface area contributed by atoms with E-state index in [9.17, 15) is 14.4 Å². The molecule has 1 rings (SSSR count). The molecule has 8 heteroatoms. The van der Waals surface area contributed by atoms with Crippen molar-refractivity contribution in [1.82, 2.24) is 10.2 Å². The van der Waals surface area contributed by atoms with Crippen molar-refractivity contribution in [1.29, 1.82) is 0 Å². The van der Waals surface area contributed by atoms with Crippen LogP contribution in [0.1, 0.15) is 25.7 Å². The summed E-state index contributed by atoms with van der Waals surface area (Å²) in [7, 11) is 1.54. The van der Waals surface area contributed by atoms with E-state index in [0.717, 1.165) is 12.8 Å². The molecule has 1 atom stereocenters. The van der Waals surface area contributed by atoms with Crippen LogP contribution in [0.4, 0.5) is 4.79 Å². The summed E-state index contributed by atoms with van der Waals surface area (Å²) in [6.45, 7) is 0.804. The zero-order valence-electron chi connectivity index (χ0n) is 11.5. The third kappa shape index (κ3) is 5.43. The highest BCUT2D eigenvalue weighted by Crippen LogP contribution is 2.26. The van der Waals surface area contributed by atoms with Crippen LogP contribution in [0, 0.1) is 0 Å². The van der Waals surface area contributed by atoms with E-state index < -0.39 is 23.9 Å². The quantitative estimate of drug-likeness (QED) is 0.529. The van der Waals surface area contributed by atoms with Crippen LogP contribution in [0.25, 0.3) is 0 Å². The van der Waals surface area contributed by atoms with Gasteiger partial charge in [-0.25, -0.2) is 9.59 Å². The molecule has 114 valence electrons. The number of aliphatic carboxylic acids is 1. The molecule has 0 heterocycles. The smallest absolute Gasteiger partial charge is 0.326 e. The molecule has 0 aromatic rings. The number of amides is 3. The van der Waals surface area contributed by atoms with Crippen LogP contribution in [-0.4, -0.2) is 60.3 Å². The Morgan fingerprint density at radius 3 is 2.55 bits per heavy atom. The monoisotopic (exact) mass is 287 g/mol. The summed E-state index contributed by atoms with van der Waals surface area (Å²) in [6.07, 6.45) is 1.73. The number of hydrogen-bond donors (Lipinski definition) is 3. The molecular formula is C12H21N3O5. The van der Waals surface area contributed by atoms with Crippen LogP contribution in [0.2, 0.25) is 0 Å². The number of carbonyl (C=O) groups excluding carboxylic acids is 2. The molecule has 0 aromatic heterocycles. The first-order valence-electron chi connectivity index (χ1n) is 6.53. The number of carboxylic acids is 1. The maximum atomic E-state index is 12.1. The van der Waals surface area contributed by atoms with Gasteiger partial charge in [-0.05, 0) is 19.3 Å². The Morgan fingerprint density at radius 1 is 1.45 bits per heavy atom. The Labute approximate surface area is 117 Å². The number of hydrogen-bond acceptors (Lipinski definition) is 4. The van der Waals surface area contributed by atoms with E-state index in [2.05, 4.69) is 5.32 Å². The number of rotatable bonds is 9. The Kier molecular flexibility index (Phi) is 6.23. The number of primary amides is 1. The number of nitrogens with zero attached hydrogens (tertiary/aromatic N) is 1. The fourth-order valence-corrected chi connectivity index (χ4v) is 1.80. The van der Waals surface area contributed by atoms with Gasteiger partial charge in [0.1, 0.15) is 6.04 Å². The Balaban J connectivity index is 2.53. The lowest BCUT2D eigenvalue weighted by Crippen LogP contribution is -2.49. The number of carboxylic acid groups (broad SMARTS) is 1. The molecular weight excluding hydrogens is 266 g/mol. The zero-order chi connectivity index (χ0) is 15.1. The molecule has 1 fully saturated rings. The van der Waals surface area contributed by atoms with E-state index in [1.807, 2.05) is 0 Å². The number of methoxy groups -OCH3 is 1.